The van der Waals surface area contributed by atoms with Gasteiger partial charge in [-0.3, -0.25) is 14.5 Å². The molecule has 1 heterocycles. The Bertz CT molecular complexity index is 1270. The van der Waals surface area contributed by atoms with Gasteiger partial charge in [0.2, 0.25) is 0 Å². The van der Waals surface area contributed by atoms with E-state index in [4.69, 9.17) is 4.74 Å². The number of halogens is 3. The van der Waals surface area contributed by atoms with Crippen LogP contribution in [0.25, 0.3) is 10.8 Å². The van der Waals surface area contributed by atoms with Crippen molar-refractivity contribution in [1.82, 2.24) is 9.80 Å². The summed E-state index contributed by atoms with van der Waals surface area (Å²) in [6.45, 7) is 3.54. The van der Waals surface area contributed by atoms with Crippen molar-refractivity contribution >= 4 is 38.3 Å². The van der Waals surface area contributed by atoms with Crippen molar-refractivity contribution in [3.63, 3.8) is 0 Å². The fraction of sp³-hybridized carbons (Fsp3) is 0.357. The van der Waals surface area contributed by atoms with E-state index in [1.54, 1.807) is 12.1 Å². The molecule has 1 fully saturated rings. The maximum atomic E-state index is 13.9. The van der Waals surface area contributed by atoms with Gasteiger partial charge in [-0.2, -0.15) is 0 Å². The molecule has 0 aromatic heterocycles. The summed E-state index contributed by atoms with van der Waals surface area (Å²) >= 11 is 3.02. The van der Waals surface area contributed by atoms with E-state index in [2.05, 4.69) is 25.7 Å². The highest BCUT2D eigenvalue weighted by Gasteiger charge is 2.35. The van der Waals surface area contributed by atoms with Crippen LogP contribution in [0.3, 0.4) is 0 Å². The lowest BCUT2D eigenvalue weighted by Gasteiger charge is -2.36. The second-order valence-corrected chi connectivity index (χ2v) is 10.5. The second kappa shape index (κ2) is 10.9. The van der Waals surface area contributed by atoms with Gasteiger partial charge in [-0.15, -0.1) is 0 Å². The van der Waals surface area contributed by atoms with Crippen molar-refractivity contribution in [3.8, 4) is 5.75 Å². The Morgan fingerprint density at radius 3 is 2.11 bits per heavy atom. The fourth-order valence-electron chi connectivity index (χ4n) is 5.21. The standard InChI is InChI=1S/C28H27BrF2N2O4/c29-18-13-23(30)28(24(31)14-18)37-16-19(34)15-33-11-9-32(10-12-33)8-7-22-26(35)20-5-1-3-17-4-2-6-21(25(17)20)27(22)36/h1-6,13-14,19,22,34H,7-12,15-16H2. The summed E-state index contributed by atoms with van der Waals surface area (Å²) in [5.41, 5.74) is 1.25. The first-order chi connectivity index (χ1) is 17.8. The molecule has 1 aliphatic carbocycles. The van der Waals surface area contributed by atoms with E-state index in [0.29, 0.717) is 43.7 Å². The van der Waals surface area contributed by atoms with Gasteiger partial charge in [0.15, 0.2) is 29.0 Å². The average Bonchev–Trinajstić information content (AvgIpc) is 2.87. The van der Waals surface area contributed by atoms with Gasteiger partial charge in [0.05, 0.1) is 5.92 Å². The molecule has 1 N–H and O–H groups in total. The van der Waals surface area contributed by atoms with Crippen LogP contribution in [0.2, 0.25) is 0 Å². The molecule has 0 radical (unpaired) electrons. The van der Waals surface area contributed by atoms with Crippen LogP contribution >= 0.6 is 15.9 Å². The van der Waals surface area contributed by atoms with Crippen LogP contribution in [0.1, 0.15) is 27.1 Å². The van der Waals surface area contributed by atoms with E-state index in [1.807, 2.05) is 24.3 Å². The highest BCUT2D eigenvalue weighted by Crippen LogP contribution is 2.33. The maximum Gasteiger partial charge on any atom is 0.190 e. The smallest absolute Gasteiger partial charge is 0.190 e. The molecule has 37 heavy (non-hydrogen) atoms. The molecule has 9 heteroatoms. The van der Waals surface area contributed by atoms with Crippen molar-refractivity contribution in [1.29, 1.82) is 0 Å². The lowest BCUT2D eigenvalue weighted by atomic mass is 9.78. The van der Waals surface area contributed by atoms with Crippen LogP contribution in [0.5, 0.6) is 5.75 Å². The Labute approximate surface area is 221 Å². The van der Waals surface area contributed by atoms with Crippen LogP contribution in [0.4, 0.5) is 8.78 Å². The van der Waals surface area contributed by atoms with Crippen LogP contribution in [0, 0.1) is 17.6 Å². The highest BCUT2D eigenvalue weighted by molar-refractivity contribution is 9.10. The predicted octanol–water partition coefficient (Wildman–Crippen LogP) is 4.32. The largest absolute Gasteiger partial charge is 0.485 e. The third kappa shape index (κ3) is 5.45. The fourth-order valence-corrected chi connectivity index (χ4v) is 5.61. The van der Waals surface area contributed by atoms with E-state index in [9.17, 15) is 23.5 Å². The third-order valence-electron chi connectivity index (χ3n) is 7.12. The number of rotatable bonds is 8. The van der Waals surface area contributed by atoms with E-state index < -0.39 is 29.4 Å². The van der Waals surface area contributed by atoms with Crippen LogP contribution in [-0.4, -0.2) is 78.5 Å². The zero-order valence-corrected chi connectivity index (χ0v) is 21.7. The molecule has 1 unspecified atom stereocenters. The molecule has 3 aromatic rings. The number of hydrogen-bond donors (Lipinski definition) is 1. The molecule has 1 aliphatic heterocycles. The summed E-state index contributed by atoms with van der Waals surface area (Å²) in [6, 6.07) is 13.4. The van der Waals surface area contributed by atoms with Crippen LogP contribution < -0.4 is 4.74 Å². The lowest BCUT2D eigenvalue weighted by Crippen LogP contribution is -2.49. The average molecular weight is 573 g/mol. The number of aliphatic hydroxyl groups excluding tert-OH is 1. The number of ketones is 2. The van der Waals surface area contributed by atoms with Gasteiger partial charge in [-0.25, -0.2) is 8.78 Å². The summed E-state index contributed by atoms with van der Waals surface area (Å²) in [7, 11) is 0. The number of carbonyl (C=O) groups is 2. The number of nitrogens with zero attached hydrogens (tertiary/aromatic N) is 2. The molecular formula is C28H27BrF2N2O4. The van der Waals surface area contributed by atoms with Gasteiger partial charge < -0.3 is 14.7 Å². The Morgan fingerprint density at radius 2 is 1.51 bits per heavy atom. The quantitative estimate of drug-likeness (QED) is 0.405. The minimum atomic E-state index is -0.908. The summed E-state index contributed by atoms with van der Waals surface area (Å²) < 4.78 is 33.3. The third-order valence-corrected chi connectivity index (χ3v) is 7.58. The number of Topliss-reactive ketones (excluding diaryl/α,β-unsaturated/α-hetero) is 2. The van der Waals surface area contributed by atoms with Crippen LogP contribution in [-0.2, 0) is 0 Å². The van der Waals surface area contributed by atoms with Crippen molar-refractivity contribution in [2.75, 3.05) is 45.9 Å². The molecule has 0 spiro atoms. The molecule has 5 rings (SSSR count). The molecule has 2 aliphatic rings. The summed E-state index contributed by atoms with van der Waals surface area (Å²) in [6.07, 6.45) is -0.447. The number of piperazine rings is 1. The first-order valence-electron chi connectivity index (χ1n) is 12.3. The molecule has 3 aromatic carbocycles. The molecule has 1 saturated heterocycles. The van der Waals surface area contributed by atoms with Gasteiger partial charge in [-0.1, -0.05) is 52.3 Å². The number of ether oxygens (including phenoxy) is 1. The summed E-state index contributed by atoms with van der Waals surface area (Å²) in [4.78, 5) is 30.6. The van der Waals surface area contributed by atoms with E-state index in [1.165, 1.54) is 0 Å². The number of β-amino-alcohol motifs (C(OH)–C–C–N with tert-alkyl or cyclic N) is 1. The molecule has 0 bridgehead atoms. The van der Waals surface area contributed by atoms with Crippen molar-refractivity contribution in [3.05, 3.63) is 75.8 Å². The minimum Gasteiger partial charge on any atom is -0.485 e. The minimum absolute atomic E-state index is 0.102. The van der Waals surface area contributed by atoms with E-state index in [0.717, 1.165) is 36.0 Å². The zero-order chi connectivity index (χ0) is 26.1. The van der Waals surface area contributed by atoms with E-state index in [-0.39, 0.29) is 22.6 Å². The lowest BCUT2D eigenvalue weighted by molar-refractivity contribution is 0.0427. The Kier molecular flexibility index (Phi) is 7.67. The topological polar surface area (TPSA) is 70.1 Å². The predicted molar refractivity (Wildman–Crippen MR) is 139 cm³/mol. The SMILES string of the molecule is O=C1c2cccc3cccc(c23)C(=O)C1CCN1CCN(CC(O)COc2c(F)cc(Br)cc2F)CC1. The van der Waals surface area contributed by atoms with Gasteiger partial charge in [-0.05, 0) is 30.5 Å². The van der Waals surface area contributed by atoms with Gasteiger partial charge in [0, 0.05) is 53.7 Å². The highest BCUT2D eigenvalue weighted by atomic mass is 79.9. The zero-order valence-electron chi connectivity index (χ0n) is 20.1. The van der Waals surface area contributed by atoms with Gasteiger partial charge >= 0.3 is 0 Å². The first kappa shape index (κ1) is 25.9. The molecule has 0 saturated carbocycles. The van der Waals surface area contributed by atoms with Crippen molar-refractivity contribution in [2.24, 2.45) is 5.92 Å². The Morgan fingerprint density at radius 1 is 0.946 bits per heavy atom. The first-order valence-corrected chi connectivity index (χ1v) is 13.1. The van der Waals surface area contributed by atoms with Gasteiger partial charge in [0.1, 0.15) is 12.7 Å². The normalized spacial score (nSPS) is 17.9. The summed E-state index contributed by atoms with van der Waals surface area (Å²) in [5, 5.41) is 12.0. The number of aliphatic hydroxyl groups is 1. The molecule has 194 valence electrons. The van der Waals surface area contributed by atoms with Gasteiger partial charge in [0.25, 0.3) is 0 Å². The maximum absolute atomic E-state index is 13.9. The molecular weight excluding hydrogens is 546 g/mol. The van der Waals surface area contributed by atoms with Crippen molar-refractivity contribution in [2.45, 2.75) is 12.5 Å². The van der Waals surface area contributed by atoms with E-state index >= 15 is 0 Å². The summed E-state index contributed by atoms with van der Waals surface area (Å²) in [5.74, 6) is -3.04. The number of carbonyl (C=O) groups excluding carboxylic acids is 2. The molecule has 1 atom stereocenters. The Balaban J connectivity index is 1.10. The molecule has 6 nitrogen and oxygen atoms in total. The second-order valence-electron chi connectivity index (χ2n) is 9.58. The Hall–Kier alpha value is -2.72. The monoisotopic (exact) mass is 572 g/mol. The molecule has 0 amide bonds. The van der Waals surface area contributed by atoms with Crippen molar-refractivity contribution < 1.29 is 28.2 Å². The number of hydrogen-bond acceptors (Lipinski definition) is 6. The van der Waals surface area contributed by atoms with Crippen LogP contribution in [0.15, 0.2) is 53.0 Å². The number of benzene rings is 3.